The van der Waals surface area contributed by atoms with Crippen LogP contribution in [-0.2, 0) is 18.5 Å². The highest BCUT2D eigenvalue weighted by atomic mass is 16.3. The van der Waals surface area contributed by atoms with Gasteiger partial charge in [-0.05, 0) is 56.3 Å². The van der Waals surface area contributed by atoms with Gasteiger partial charge in [-0.1, -0.05) is 13.8 Å². The van der Waals surface area contributed by atoms with E-state index in [2.05, 4.69) is 4.98 Å². The molecule has 6 rings (SSSR count). The van der Waals surface area contributed by atoms with Crippen molar-refractivity contribution in [2.45, 2.75) is 77.0 Å². The van der Waals surface area contributed by atoms with Gasteiger partial charge in [0.15, 0.2) is 5.65 Å². The molecule has 27 heavy (non-hydrogen) atoms. The van der Waals surface area contributed by atoms with E-state index in [1.54, 1.807) is 4.57 Å². The van der Waals surface area contributed by atoms with Crippen LogP contribution in [0.3, 0.4) is 0 Å². The molecule has 0 aromatic carbocycles. The summed E-state index contributed by atoms with van der Waals surface area (Å²) in [5.74, 6) is 2.10. The highest BCUT2D eigenvalue weighted by molar-refractivity contribution is 5.70. The van der Waals surface area contributed by atoms with E-state index >= 15 is 0 Å². The van der Waals surface area contributed by atoms with Crippen molar-refractivity contribution in [2.75, 3.05) is 0 Å². The SMILES string of the molecule is CCCn1c(=O)c2[nH]c(C34C[C@H]5C[C@H]3C[C@@H](C4)[C@H]5O)nc2n(CCC)c1=O. The first-order chi connectivity index (χ1) is 13.0. The van der Waals surface area contributed by atoms with Crippen LogP contribution in [0.25, 0.3) is 11.2 Å². The second kappa shape index (κ2) is 5.80. The van der Waals surface area contributed by atoms with Crippen molar-refractivity contribution in [1.82, 2.24) is 19.1 Å². The molecule has 1 unspecified atom stereocenters. The van der Waals surface area contributed by atoms with Gasteiger partial charge >= 0.3 is 5.69 Å². The number of aryl methyl sites for hydroxylation is 1. The lowest BCUT2D eigenvalue weighted by atomic mass is 9.73. The Morgan fingerprint density at radius 3 is 2.37 bits per heavy atom. The summed E-state index contributed by atoms with van der Waals surface area (Å²) in [4.78, 5) is 34.1. The lowest BCUT2D eigenvalue weighted by Gasteiger charge is -2.34. The van der Waals surface area contributed by atoms with Crippen LogP contribution in [0.15, 0.2) is 9.59 Å². The van der Waals surface area contributed by atoms with Gasteiger partial charge in [0.05, 0.1) is 6.10 Å². The molecule has 7 nitrogen and oxygen atoms in total. The van der Waals surface area contributed by atoms with Crippen molar-refractivity contribution in [3.63, 3.8) is 0 Å². The zero-order chi connectivity index (χ0) is 18.9. The average Bonchev–Trinajstić information content (AvgIpc) is 3.29. The van der Waals surface area contributed by atoms with Crippen LogP contribution in [0, 0.1) is 17.8 Å². The van der Waals surface area contributed by atoms with Crippen molar-refractivity contribution in [3.05, 3.63) is 26.7 Å². The molecule has 4 aliphatic rings. The molecule has 0 amide bonds. The summed E-state index contributed by atoms with van der Waals surface area (Å²) in [6.07, 6.45) is 5.35. The van der Waals surface area contributed by atoms with E-state index in [1.807, 2.05) is 13.8 Å². The number of fused-ring (bicyclic) bond motifs is 1. The smallest absolute Gasteiger partial charge is 0.332 e. The van der Waals surface area contributed by atoms with Crippen LogP contribution in [0.2, 0.25) is 0 Å². The molecular formula is C20H28N4O3. The van der Waals surface area contributed by atoms with Gasteiger partial charge < -0.3 is 10.1 Å². The van der Waals surface area contributed by atoms with E-state index in [0.29, 0.717) is 42.0 Å². The summed E-state index contributed by atoms with van der Waals surface area (Å²) in [7, 11) is 0. The minimum absolute atomic E-state index is 0.0529. The Labute approximate surface area is 157 Å². The molecule has 0 aliphatic heterocycles. The van der Waals surface area contributed by atoms with Gasteiger partial charge in [0.25, 0.3) is 5.56 Å². The van der Waals surface area contributed by atoms with Crippen LogP contribution < -0.4 is 11.2 Å². The van der Waals surface area contributed by atoms with Crippen molar-refractivity contribution in [1.29, 1.82) is 0 Å². The van der Waals surface area contributed by atoms with E-state index in [9.17, 15) is 14.7 Å². The van der Waals surface area contributed by atoms with Crippen LogP contribution in [-0.4, -0.2) is 30.3 Å². The number of aliphatic hydroxyl groups is 1. The zero-order valence-corrected chi connectivity index (χ0v) is 16.1. The Balaban J connectivity index is 1.71. The van der Waals surface area contributed by atoms with Gasteiger partial charge in [0.2, 0.25) is 0 Å². The number of hydrogen-bond acceptors (Lipinski definition) is 4. The maximum absolute atomic E-state index is 13.0. The number of nitrogens with zero attached hydrogens (tertiary/aromatic N) is 3. The third-order valence-electron chi connectivity index (χ3n) is 7.40. The second-order valence-corrected chi connectivity index (χ2v) is 8.92. The summed E-state index contributed by atoms with van der Waals surface area (Å²) >= 11 is 0. The number of rotatable bonds is 5. The molecule has 4 aliphatic carbocycles. The Morgan fingerprint density at radius 2 is 1.74 bits per heavy atom. The quantitative estimate of drug-likeness (QED) is 0.836. The standard InChI is InChI=1S/C20H28N4O3/c1-3-5-23-16-14(17(26)24(6-4-2)19(23)27)21-18(22-16)20-9-11-7-13(20)8-12(10-20)15(11)25/h11-13,15,25H,3-10H2,1-2H3,(H,21,22)/t11-,12+,13+,15+,20?. The fraction of sp³-hybridized carbons (Fsp3) is 0.750. The second-order valence-electron chi connectivity index (χ2n) is 8.92. The number of imidazole rings is 1. The van der Waals surface area contributed by atoms with Crippen LogP contribution in [0.5, 0.6) is 0 Å². The van der Waals surface area contributed by atoms with Gasteiger partial charge in [0.1, 0.15) is 11.3 Å². The molecule has 4 saturated carbocycles. The van der Waals surface area contributed by atoms with E-state index in [-0.39, 0.29) is 22.8 Å². The third-order valence-corrected chi connectivity index (χ3v) is 7.40. The fourth-order valence-electron chi connectivity index (χ4n) is 6.34. The van der Waals surface area contributed by atoms with Gasteiger partial charge in [-0.2, -0.15) is 0 Å². The molecule has 2 aromatic rings. The Morgan fingerprint density at radius 1 is 1.11 bits per heavy atom. The maximum Gasteiger partial charge on any atom is 0.332 e. The molecule has 4 bridgehead atoms. The largest absolute Gasteiger partial charge is 0.393 e. The molecule has 7 heteroatoms. The van der Waals surface area contributed by atoms with Crippen molar-refractivity contribution < 1.29 is 5.11 Å². The molecule has 4 fully saturated rings. The van der Waals surface area contributed by atoms with Crippen LogP contribution in [0.4, 0.5) is 0 Å². The summed E-state index contributed by atoms with van der Waals surface area (Å²) in [5.41, 5.74) is 0.419. The lowest BCUT2D eigenvalue weighted by molar-refractivity contribution is 0.0167. The molecular weight excluding hydrogens is 344 g/mol. The minimum Gasteiger partial charge on any atom is -0.393 e. The number of aromatic nitrogens is 4. The molecule has 2 heterocycles. The summed E-state index contributed by atoms with van der Waals surface area (Å²) in [5, 5.41) is 10.5. The molecule has 146 valence electrons. The molecule has 2 aromatic heterocycles. The fourth-order valence-corrected chi connectivity index (χ4v) is 6.34. The van der Waals surface area contributed by atoms with E-state index in [0.717, 1.165) is 44.3 Å². The molecule has 5 atom stereocenters. The first kappa shape index (κ1) is 17.2. The van der Waals surface area contributed by atoms with Crippen molar-refractivity contribution in [3.8, 4) is 0 Å². The van der Waals surface area contributed by atoms with Gasteiger partial charge in [-0.25, -0.2) is 9.78 Å². The summed E-state index contributed by atoms with van der Waals surface area (Å²) in [6.45, 7) is 4.98. The highest BCUT2D eigenvalue weighted by Crippen LogP contribution is 2.65. The van der Waals surface area contributed by atoms with Gasteiger partial charge in [0, 0.05) is 18.5 Å². The van der Waals surface area contributed by atoms with Crippen molar-refractivity contribution in [2.24, 2.45) is 17.8 Å². The Hall–Kier alpha value is -1.89. The van der Waals surface area contributed by atoms with Crippen LogP contribution in [0.1, 0.15) is 58.2 Å². The van der Waals surface area contributed by atoms with E-state index in [1.165, 1.54) is 4.57 Å². The number of nitrogens with one attached hydrogen (secondary N) is 1. The Kier molecular flexibility index (Phi) is 3.70. The number of aromatic amines is 1. The lowest BCUT2D eigenvalue weighted by Crippen LogP contribution is -2.40. The molecule has 2 N–H and O–H groups in total. The topological polar surface area (TPSA) is 92.9 Å². The average molecular weight is 372 g/mol. The van der Waals surface area contributed by atoms with Gasteiger partial charge in [-0.15, -0.1) is 0 Å². The first-order valence-electron chi connectivity index (χ1n) is 10.4. The van der Waals surface area contributed by atoms with Crippen LogP contribution >= 0.6 is 0 Å². The van der Waals surface area contributed by atoms with Crippen molar-refractivity contribution >= 4 is 11.2 Å². The predicted molar refractivity (Wildman–Crippen MR) is 102 cm³/mol. The maximum atomic E-state index is 13.0. The van der Waals surface area contributed by atoms with Gasteiger partial charge in [-0.3, -0.25) is 13.9 Å². The van der Waals surface area contributed by atoms with E-state index in [4.69, 9.17) is 4.98 Å². The predicted octanol–water partition coefficient (Wildman–Crippen LogP) is 1.75. The summed E-state index contributed by atoms with van der Waals surface area (Å²) < 4.78 is 3.01. The number of H-pyrrole nitrogens is 1. The molecule has 0 radical (unpaired) electrons. The molecule has 0 spiro atoms. The zero-order valence-electron chi connectivity index (χ0n) is 16.1. The summed E-state index contributed by atoms with van der Waals surface area (Å²) in [6, 6.07) is 0. The van der Waals surface area contributed by atoms with E-state index < -0.39 is 0 Å². The highest BCUT2D eigenvalue weighted by Gasteiger charge is 2.63. The first-order valence-corrected chi connectivity index (χ1v) is 10.4. The Bertz CT molecular complexity index is 1000. The third kappa shape index (κ3) is 2.15. The normalized spacial score (nSPS) is 34.2. The number of aliphatic hydroxyl groups excluding tert-OH is 1. The minimum atomic E-state index is -0.253. The molecule has 0 saturated heterocycles. The number of hydrogen-bond donors (Lipinski definition) is 2. The monoisotopic (exact) mass is 372 g/mol.